The lowest BCUT2D eigenvalue weighted by atomic mass is 10.2. The Balaban J connectivity index is 1.89. The Hall–Kier alpha value is -2.12. The Labute approximate surface area is 148 Å². The topological polar surface area (TPSA) is 70.8 Å². The van der Waals surface area contributed by atoms with Crippen molar-refractivity contribution in [2.24, 2.45) is 0 Å². The third-order valence-corrected chi connectivity index (χ3v) is 6.53. The molecule has 3 rings (SSSR count). The fraction of sp³-hybridized carbons (Fsp3) is 0.389. The second kappa shape index (κ2) is 7.01. The largest absolute Gasteiger partial charge is 0.472 e. The summed E-state index contributed by atoms with van der Waals surface area (Å²) in [6.07, 6.45) is 4.47. The number of rotatable bonds is 6. The molecule has 1 aliphatic rings. The zero-order valence-corrected chi connectivity index (χ0v) is 15.3. The van der Waals surface area contributed by atoms with Gasteiger partial charge in [0.25, 0.3) is 0 Å². The summed E-state index contributed by atoms with van der Waals surface area (Å²) in [5.41, 5.74) is 2.21. The first-order chi connectivity index (χ1) is 11.9. The molecule has 6 nitrogen and oxygen atoms in total. The number of aryl methyl sites for hydroxylation is 1. The molecule has 0 atom stereocenters. The predicted octanol–water partition coefficient (Wildman–Crippen LogP) is 2.93. The number of nitrogens with zero attached hydrogens (tertiary/aromatic N) is 2. The summed E-state index contributed by atoms with van der Waals surface area (Å²) >= 11 is 0. The molecule has 1 aromatic heterocycles. The fourth-order valence-corrected chi connectivity index (χ4v) is 4.75. The maximum absolute atomic E-state index is 13.0. The predicted molar refractivity (Wildman–Crippen MR) is 94.7 cm³/mol. The van der Waals surface area contributed by atoms with Gasteiger partial charge in [-0.1, -0.05) is 6.92 Å². The van der Waals surface area contributed by atoms with E-state index in [-0.39, 0.29) is 17.3 Å². The highest BCUT2D eigenvalue weighted by molar-refractivity contribution is 7.89. The third kappa shape index (κ3) is 3.48. The van der Waals surface area contributed by atoms with Gasteiger partial charge < -0.3 is 9.32 Å². The number of hydrogen-bond acceptors (Lipinski definition) is 4. The van der Waals surface area contributed by atoms with Crippen LogP contribution in [0.15, 0.2) is 46.1 Å². The minimum atomic E-state index is -3.62. The third-order valence-electron chi connectivity index (χ3n) is 4.45. The van der Waals surface area contributed by atoms with E-state index in [0.29, 0.717) is 25.1 Å². The van der Waals surface area contributed by atoms with E-state index in [1.54, 1.807) is 42.4 Å². The van der Waals surface area contributed by atoms with E-state index in [1.807, 2.05) is 6.92 Å². The quantitative estimate of drug-likeness (QED) is 0.792. The van der Waals surface area contributed by atoms with Gasteiger partial charge in [-0.25, -0.2) is 8.42 Å². The maximum Gasteiger partial charge on any atom is 0.243 e. The van der Waals surface area contributed by atoms with Gasteiger partial charge in [0.05, 0.1) is 17.4 Å². The number of benzene rings is 1. The number of anilines is 1. The van der Waals surface area contributed by atoms with Crippen LogP contribution in [0.25, 0.3) is 0 Å². The number of furan rings is 1. The summed E-state index contributed by atoms with van der Waals surface area (Å²) in [6.45, 7) is 4.89. The molecule has 25 heavy (non-hydrogen) atoms. The second-order valence-corrected chi connectivity index (χ2v) is 8.07. The van der Waals surface area contributed by atoms with Crippen LogP contribution in [0.3, 0.4) is 0 Å². The normalized spacial score (nSPS) is 15.3. The van der Waals surface area contributed by atoms with Crippen molar-refractivity contribution < 1.29 is 17.6 Å². The molecule has 1 fully saturated rings. The highest BCUT2D eigenvalue weighted by atomic mass is 32.2. The minimum absolute atomic E-state index is 0.0881. The number of amides is 1. The van der Waals surface area contributed by atoms with Crippen molar-refractivity contribution in [3.63, 3.8) is 0 Å². The summed E-state index contributed by atoms with van der Waals surface area (Å²) in [5, 5.41) is 0. The van der Waals surface area contributed by atoms with Crippen LogP contribution in [-0.4, -0.2) is 31.7 Å². The average molecular weight is 362 g/mol. The molecule has 134 valence electrons. The van der Waals surface area contributed by atoms with E-state index in [9.17, 15) is 13.2 Å². The summed E-state index contributed by atoms with van der Waals surface area (Å²) in [4.78, 5) is 13.9. The first-order valence-corrected chi connectivity index (χ1v) is 9.79. The summed E-state index contributed by atoms with van der Waals surface area (Å²) in [5.74, 6) is 0.0881. The Morgan fingerprint density at radius 3 is 2.64 bits per heavy atom. The molecule has 7 heteroatoms. The standard InChI is InChI=1S/C18H22N2O4S/c1-3-19(12-15-8-10-24-13-15)25(22,23)17-7-6-16(11-14(17)2)20-9-4-5-18(20)21/h6-8,10-11,13H,3-5,9,12H2,1-2H3. The molecule has 1 aliphatic heterocycles. The Kier molecular flexibility index (Phi) is 4.96. The van der Waals surface area contributed by atoms with Gasteiger partial charge in [0.2, 0.25) is 15.9 Å². The van der Waals surface area contributed by atoms with Crippen molar-refractivity contribution in [1.82, 2.24) is 4.31 Å². The molecule has 2 aromatic rings. The van der Waals surface area contributed by atoms with Crippen LogP contribution >= 0.6 is 0 Å². The smallest absolute Gasteiger partial charge is 0.243 e. The van der Waals surface area contributed by atoms with Crippen molar-refractivity contribution >= 4 is 21.6 Å². The van der Waals surface area contributed by atoms with E-state index < -0.39 is 10.0 Å². The summed E-state index contributed by atoms with van der Waals surface area (Å²) in [7, 11) is -3.62. The number of hydrogen-bond donors (Lipinski definition) is 0. The Morgan fingerprint density at radius 1 is 1.28 bits per heavy atom. The van der Waals surface area contributed by atoms with Crippen LogP contribution in [0.4, 0.5) is 5.69 Å². The molecule has 0 aliphatic carbocycles. The van der Waals surface area contributed by atoms with Crippen molar-refractivity contribution in [3.05, 3.63) is 47.9 Å². The molecular weight excluding hydrogens is 340 g/mol. The van der Waals surface area contributed by atoms with Gasteiger partial charge >= 0.3 is 0 Å². The monoisotopic (exact) mass is 362 g/mol. The molecule has 0 unspecified atom stereocenters. The van der Waals surface area contributed by atoms with Gasteiger partial charge in [0, 0.05) is 37.3 Å². The Bertz CT molecular complexity index is 859. The molecule has 0 radical (unpaired) electrons. The number of carbonyl (C=O) groups is 1. The van der Waals surface area contributed by atoms with Gasteiger partial charge in [-0.15, -0.1) is 0 Å². The van der Waals surface area contributed by atoms with E-state index in [0.717, 1.165) is 17.7 Å². The highest BCUT2D eigenvalue weighted by Crippen LogP contribution is 2.28. The molecule has 1 aromatic carbocycles. The van der Waals surface area contributed by atoms with E-state index in [4.69, 9.17) is 4.42 Å². The summed E-state index contributed by atoms with van der Waals surface area (Å²) in [6, 6.07) is 6.85. The van der Waals surface area contributed by atoms with E-state index >= 15 is 0 Å². The Morgan fingerprint density at radius 2 is 2.08 bits per heavy atom. The molecule has 0 saturated carbocycles. The van der Waals surface area contributed by atoms with Crippen molar-refractivity contribution in [2.75, 3.05) is 18.0 Å². The maximum atomic E-state index is 13.0. The molecule has 0 N–H and O–H groups in total. The van der Waals surface area contributed by atoms with Gasteiger partial charge in [-0.05, 0) is 43.2 Å². The van der Waals surface area contributed by atoms with Crippen LogP contribution in [0.2, 0.25) is 0 Å². The molecule has 0 bridgehead atoms. The first-order valence-electron chi connectivity index (χ1n) is 8.35. The fourth-order valence-electron chi connectivity index (χ4n) is 3.10. The molecule has 1 amide bonds. The number of carbonyl (C=O) groups excluding carboxylic acids is 1. The van der Waals surface area contributed by atoms with Gasteiger partial charge in [-0.3, -0.25) is 4.79 Å². The van der Waals surface area contributed by atoms with Crippen LogP contribution in [0.1, 0.15) is 30.9 Å². The minimum Gasteiger partial charge on any atom is -0.472 e. The molecule has 2 heterocycles. The average Bonchev–Trinajstić information content (AvgIpc) is 3.23. The lowest BCUT2D eigenvalue weighted by molar-refractivity contribution is -0.117. The molecule has 0 spiro atoms. The number of sulfonamides is 1. The molecule has 1 saturated heterocycles. The van der Waals surface area contributed by atoms with Crippen molar-refractivity contribution in [2.45, 2.75) is 38.1 Å². The lowest BCUT2D eigenvalue weighted by Crippen LogP contribution is -2.31. The van der Waals surface area contributed by atoms with Crippen LogP contribution < -0.4 is 4.90 Å². The lowest BCUT2D eigenvalue weighted by Gasteiger charge is -2.22. The van der Waals surface area contributed by atoms with Gasteiger partial charge in [-0.2, -0.15) is 4.31 Å². The van der Waals surface area contributed by atoms with Crippen molar-refractivity contribution in [3.8, 4) is 0 Å². The highest BCUT2D eigenvalue weighted by Gasteiger charge is 2.27. The zero-order valence-electron chi connectivity index (χ0n) is 14.4. The molecular formula is C18H22N2O4S. The first kappa shape index (κ1) is 17.7. The van der Waals surface area contributed by atoms with Crippen LogP contribution in [0.5, 0.6) is 0 Å². The van der Waals surface area contributed by atoms with Crippen LogP contribution in [-0.2, 0) is 21.4 Å². The van der Waals surface area contributed by atoms with E-state index in [2.05, 4.69) is 0 Å². The van der Waals surface area contributed by atoms with Gasteiger partial charge in [0.15, 0.2) is 0 Å². The van der Waals surface area contributed by atoms with E-state index in [1.165, 1.54) is 10.6 Å². The second-order valence-electron chi connectivity index (χ2n) is 6.16. The summed E-state index contributed by atoms with van der Waals surface area (Å²) < 4.78 is 32.5. The zero-order chi connectivity index (χ0) is 18.0. The van der Waals surface area contributed by atoms with Gasteiger partial charge in [0.1, 0.15) is 0 Å². The van der Waals surface area contributed by atoms with Crippen molar-refractivity contribution in [1.29, 1.82) is 0 Å². The SMILES string of the molecule is CCN(Cc1ccoc1)S(=O)(=O)c1ccc(N2CCCC2=O)cc1C. The van der Waals surface area contributed by atoms with Crippen LogP contribution in [0, 0.1) is 6.92 Å².